The summed E-state index contributed by atoms with van der Waals surface area (Å²) >= 11 is 0. The van der Waals surface area contributed by atoms with Gasteiger partial charge in [-0.15, -0.1) is 0 Å². The van der Waals surface area contributed by atoms with Crippen LogP contribution >= 0.6 is 0 Å². The number of hydrogen-bond acceptors (Lipinski definition) is 4. The fraction of sp³-hybridized carbons (Fsp3) is 0.667. The van der Waals surface area contributed by atoms with Crippen LogP contribution in [0.3, 0.4) is 0 Å². The van der Waals surface area contributed by atoms with E-state index in [0.717, 1.165) is 24.8 Å². The van der Waals surface area contributed by atoms with E-state index in [0.29, 0.717) is 24.8 Å². The van der Waals surface area contributed by atoms with E-state index in [2.05, 4.69) is 16.4 Å². The Morgan fingerprint density at radius 2 is 1.74 bits per heavy atom. The molecule has 1 fully saturated rings. The van der Waals surface area contributed by atoms with Crippen LogP contribution in [0, 0.1) is 5.92 Å². The fourth-order valence-corrected chi connectivity index (χ4v) is 4.40. The smallest absolute Gasteiger partial charge is 0.475 e. The summed E-state index contributed by atoms with van der Waals surface area (Å²) in [5, 5.41) is 7.12. The summed E-state index contributed by atoms with van der Waals surface area (Å²) < 4.78 is 33.9. The lowest BCUT2D eigenvalue weighted by atomic mass is 9.88. The molecule has 0 bridgehead atoms. The van der Waals surface area contributed by atoms with Gasteiger partial charge < -0.3 is 14.6 Å². The molecule has 0 aromatic carbocycles. The molecule has 3 heterocycles. The number of halogens is 3. The van der Waals surface area contributed by atoms with E-state index in [1.165, 1.54) is 38.6 Å². The van der Waals surface area contributed by atoms with Crippen molar-refractivity contribution >= 4 is 11.9 Å². The van der Waals surface area contributed by atoms with Gasteiger partial charge in [-0.2, -0.15) is 13.2 Å². The third-order valence-corrected chi connectivity index (χ3v) is 6.14. The molecule has 172 valence electrons. The first-order valence-electron chi connectivity index (χ1n) is 10.7. The minimum absolute atomic E-state index is 0.0629. The van der Waals surface area contributed by atoms with E-state index in [9.17, 15) is 18.0 Å². The average molecular weight is 442 g/mol. The number of carboxylic acids is 1. The molecule has 1 unspecified atom stereocenters. The number of carbonyl (C=O) groups is 2. The zero-order valence-corrected chi connectivity index (χ0v) is 17.6. The van der Waals surface area contributed by atoms with E-state index in [1.54, 1.807) is 0 Å². The topological polar surface area (TPSA) is 78.7 Å². The normalized spacial score (nSPS) is 22.1. The first-order chi connectivity index (χ1) is 14.7. The first kappa shape index (κ1) is 23.3. The largest absolute Gasteiger partial charge is 0.490 e. The van der Waals surface area contributed by atoms with Crippen molar-refractivity contribution in [1.82, 2.24) is 19.4 Å². The van der Waals surface area contributed by atoms with E-state index in [1.807, 2.05) is 23.2 Å². The number of carboxylic acid groups (broad SMARTS) is 1. The van der Waals surface area contributed by atoms with Gasteiger partial charge >= 0.3 is 12.1 Å². The maximum atomic E-state index is 12.6. The van der Waals surface area contributed by atoms with Gasteiger partial charge in [-0.25, -0.2) is 9.78 Å². The summed E-state index contributed by atoms with van der Waals surface area (Å²) in [4.78, 5) is 30.6. The molecule has 1 saturated carbocycles. The van der Waals surface area contributed by atoms with E-state index < -0.39 is 12.1 Å². The lowest BCUT2D eigenvalue weighted by Crippen LogP contribution is -2.40. The molecule has 3 aliphatic rings. The number of amides is 1. The molecule has 2 aliphatic heterocycles. The minimum atomic E-state index is -5.08. The number of imidazole rings is 1. The van der Waals surface area contributed by atoms with Crippen LogP contribution in [0.2, 0.25) is 0 Å². The lowest BCUT2D eigenvalue weighted by Gasteiger charge is -2.37. The average Bonchev–Trinajstić information content (AvgIpc) is 3.40. The highest BCUT2D eigenvalue weighted by Gasteiger charge is 2.38. The van der Waals surface area contributed by atoms with Gasteiger partial charge in [0.15, 0.2) is 0 Å². The summed E-state index contributed by atoms with van der Waals surface area (Å²) in [5.74, 6) is -0.785. The number of rotatable bonds is 3. The second-order valence-corrected chi connectivity index (χ2v) is 8.34. The summed E-state index contributed by atoms with van der Waals surface area (Å²) in [7, 11) is 0. The van der Waals surface area contributed by atoms with Gasteiger partial charge in [0.1, 0.15) is 11.5 Å². The molecule has 1 aromatic heterocycles. The van der Waals surface area contributed by atoms with Gasteiger partial charge in [-0.05, 0) is 25.7 Å². The van der Waals surface area contributed by atoms with Crippen LogP contribution in [0.1, 0.15) is 61.4 Å². The Hall–Kier alpha value is -2.36. The van der Waals surface area contributed by atoms with Gasteiger partial charge in [0.25, 0.3) is 5.91 Å². The van der Waals surface area contributed by atoms with Crippen molar-refractivity contribution in [1.29, 1.82) is 0 Å². The zero-order valence-electron chi connectivity index (χ0n) is 17.6. The fourth-order valence-electron chi connectivity index (χ4n) is 4.40. The molecule has 1 N–H and O–H groups in total. The van der Waals surface area contributed by atoms with Crippen molar-refractivity contribution in [3.63, 3.8) is 0 Å². The van der Waals surface area contributed by atoms with Crippen molar-refractivity contribution < 1.29 is 27.9 Å². The first-order valence-corrected chi connectivity index (χ1v) is 10.7. The van der Waals surface area contributed by atoms with Gasteiger partial charge in [0, 0.05) is 38.9 Å². The van der Waals surface area contributed by atoms with Crippen LogP contribution in [0.25, 0.3) is 0 Å². The molecule has 1 aliphatic carbocycles. The van der Waals surface area contributed by atoms with Gasteiger partial charge in [0.2, 0.25) is 0 Å². The molecule has 0 saturated heterocycles. The number of nitrogens with zero attached hydrogens (tertiary/aromatic N) is 4. The molecule has 7 nitrogen and oxygen atoms in total. The van der Waals surface area contributed by atoms with Crippen LogP contribution < -0.4 is 0 Å². The summed E-state index contributed by atoms with van der Waals surface area (Å²) in [5.41, 5.74) is 0.611. The third kappa shape index (κ3) is 5.87. The van der Waals surface area contributed by atoms with Gasteiger partial charge in [0.05, 0.1) is 6.04 Å². The SMILES string of the molecule is CC1c2nc(C(=O)N3CC=CC3)cn2CCN1CC1CCCCC1.O=C(O)C(F)(F)F. The van der Waals surface area contributed by atoms with Crippen LogP contribution in [0.5, 0.6) is 0 Å². The van der Waals surface area contributed by atoms with Crippen molar-refractivity contribution in [3.8, 4) is 0 Å². The highest BCUT2D eigenvalue weighted by Crippen LogP contribution is 2.30. The van der Waals surface area contributed by atoms with E-state index in [-0.39, 0.29) is 5.91 Å². The number of fused-ring (bicyclic) bond motifs is 1. The zero-order chi connectivity index (χ0) is 22.6. The summed E-state index contributed by atoms with van der Waals surface area (Å²) in [6.45, 7) is 6.87. The maximum absolute atomic E-state index is 12.6. The van der Waals surface area contributed by atoms with Crippen LogP contribution in [-0.2, 0) is 11.3 Å². The highest BCUT2D eigenvalue weighted by molar-refractivity contribution is 5.92. The van der Waals surface area contributed by atoms with Crippen LogP contribution in [0.4, 0.5) is 13.2 Å². The van der Waals surface area contributed by atoms with Crippen molar-refractivity contribution in [2.45, 2.75) is 57.8 Å². The standard InChI is InChI=1S/C19H28N4O.C2HF3O2/c1-15-18-20-17(19(24)21-9-5-6-10-21)14-23(18)12-11-22(15)13-16-7-3-2-4-8-16;3-2(4,5)1(6)7/h5-6,14-16H,2-4,7-13H2,1H3;(H,6,7). The Bertz CT molecular complexity index is 807. The molecule has 0 spiro atoms. The van der Waals surface area contributed by atoms with Gasteiger partial charge in [-0.3, -0.25) is 9.69 Å². The second-order valence-electron chi connectivity index (χ2n) is 8.34. The predicted octanol–water partition coefficient (Wildman–Crippen LogP) is 3.49. The quantitative estimate of drug-likeness (QED) is 0.725. The minimum Gasteiger partial charge on any atom is -0.475 e. The molecular formula is C21H29F3N4O3. The Kier molecular flexibility index (Phi) is 7.40. The molecule has 1 aromatic rings. The molecule has 0 radical (unpaired) electrons. The molecular weight excluding hydrogens is 413 g/mol. The molecule has 1 atom stereocenters. The molecule has 1 amide bonds. The van der Waals surface area contributed by atoms with Crippen LogP contribution in [0.15, 0.2) is 18.3 Å². The third-order valence-electron chi connectivity index (χ3n) is 6.14. The molecule has 10 heteroatoms. The Labute approximate surface area is 179 Å². The van der Waals surface area contributed by atoms with Crippen molar-refractivity contribution in [2.75, 3.05) is 26.2 Å². The van der Waals surface area contributed by atoms with Gasteiger partial charge in [-0.1, -0.05) is 31.4 Å². The van der Waals surface area contributed by atoms with Crippen LogP contribution in [-0.4, -0.2) is 68.7 Å². The Morgan fingerprint density at radius 3 is 2.32 bits per heavy atom. The monoisotopic (exact) mass is 442 g/mol. The van der Waals surface area contributed by atoms with Crippen molar-refractivity contribution in [2.24, 2.45) is 5.92 Å². The molecule has 31 heavy (non-hydrogen) atoms. The number of aliphatic carboxylic acids is 1. The maximum Gasteiger partial charge on any atom is 0.490 e. The number of hydrogen-bond donors (Lipinski definition) is 1. The number of aromatic nitrogens is 2. The van der Waals surface area contributed by atoms with E-state index in [4.69, 9.17) is 14.9 Å². The number of alkyl halides is 3. The summed E-state index contributed by atoms with van der Waals surface area (Å²) in [6.07, 6.45) is 7.92. The molecule has 4 rings (SSSR count). The van der Waals surface area contributed by atoms with E-state index >= 15 is 0 Å². The summed E-state index contributed by atoms with van der Waals surface area (Å²) in [6, 6.07) is 0.305. The number of carbonyl (C=O) groups excluding carboxylic acids is 1. The second kappa shape index (κ2) is 9.84. The Balaban J connectivity index is 0.000000339. The predicted molar refractivity (Wildman–Crippen MR) is 108 cm³/mol. The van der Waals surface area contributed by atoms with Crippen molar-refractivity contribution in [3.05, 3.63) is 29.9 Å². The lowest BCUT2D eigenvalue weighted by molar-refractivity contribution is -0.192. The highest BCUT2D eigenvalue weighted by atomic mass is 19.4. The Morgan fingerprint density at radius 1 is 1.13 bits per heavy atom.